The van der Waals surface area contributed by atoms with E-state index in [1.54, 1.807) is 0 Å². The van der Waals surface area contributed by atoms with Crippen LogP contribution in [0.4, 0.5) is 0 Å². The lowest BCUT2D eigenvalue weighted by atomic mass is 9.92. The molecule has 10 rings (SSSR count). The first kappa shape index (κ1) is 26.3. The molecule has 4 heteroatoms. The lowest BCUT2D eigenvalue weighted by Gasteiger charge is -2.13. The van der Waals surface area contributed by atoms with Gasteiger partial charge in [-0.05, 0) is 56.8 Å². The summed E-state index contributed by atoms with van der Waals surface area (Å²) in [7, 11) is 0. The van der Waals surface area contributed by atoms with Crippen molar-refractivity contribution in [1.29, 1.82) is 0 Å². The van der Waals surface area contributed by atoms with E-state index in [4.69, 9.17) is 15.0 Å². The van der Waals surface area contributed by atoms with Gasteiger partial charge in [0.05, 0.1) is 0 Å². The summed E-state index contributed by atoms with van der Waals surface area (Å²) >= 11 is 1.89. The average Bonchev–Trinajstić information content (AvgIpc) is 3.49. The Bertz CT molecular complexity index is 2600. The van der Waals surface area contributed by atoms with Gasteiger partial charge in [0.2, 0.25) is 0 Å². The fraction of sp³-hybridized carbons (Fsp3) is 0. The molecule has 47 heavy (non-hydrogen) atoms. The first-order valence-corrected chi connectivity index (χ1v) is 16.6. The lowest BCUT2D eigenvalue weighted by molar-refractivity contribution is 1.07. The number of nitrogens with zero attached hydrogens (tertiary/aromatic N) is 3. The monoisotopic (exact) mass is 615 g/mol. The molecule has 0 N–H and O–H groups in total. The van der Waals surface area contributed by atoms with Crippen LogP contribution in [0.3, 0.4) is 0 Å². The third-order valence-corrected chi connectivity index (χ3v) is 10.4. The molecular formula is C43H25N3S. The minimum absolute atomic E-state index is 0.658. The molecule has 0 saturated carbocycles. The second kappa shape index (κ2) is 10.3. The van der Waals surface area contributed by atoms with E-state index in [0.717, 1.165) is 22.3 Å². The average molecular weight is 616 g/mol. The summed E-state index contributed by atoms with van der Waals surface area (Å²) in [6, 6.07) is 53.7. The van der Waals surface area contributed by atoms with E-state index in [1.165, 1.54) is 58.8 Å². The number of fused-ring (bicyclic) bond motifs is 3. The Labute approximate surface area is 275 Å². The molecule has 218 valence electrons. The van der Waals surface area contributed by atoms with Crippen LogP contribution >= 0.6 is 11.3 Å². The van der Waals surface area contributed by atoms with Crippen LogP contribution in [0.15, 0.2) is 152 Å². The topological polar surface area (TPSA) is 38.7 Å². The number of hydrogen-bond acceptors (Lipinski definition) is 4. The molecule has 0 amide bonds. The van der Waals surface area contributed by atoms with Crippen molar-refractivity contribution in [3.8, 4) is 67.5 Å². The van der Waals surface area contributed by atoms with Crippen LogP contribution in [0.5, 0.6) is 0 Å². The summed E-state index contributed by atoms with van der Waals surface area (Å²) in [6.45, 7) is 0. The molecule has 0 aliphatic heterocycles. The largest absolute Gasteiger partial charge is 0.208 e. The van der Waals surface area contributed by atoms with Crippen molar-refractivity contribution in [1.82, 2.24) is 15.0 Å². The minimum atomic E-state index is 0.658. The summed E-state index contributed by atoms with van der Waals surface area (Å²) in [6.07, 6.45) is 0. The zero-order valence-corrected chi connectivity index (χ0v) is 26.0. The standard InChI is InChI=1S/C43H25N3S/c1-3-12-26(13-4-1)41-44-42(27-14-5-2-6-15-27)46-43(45-41)30-18-9-16-28(24-30)35-25-29-17-10-21-33-31-19-7-8-20-32(31)34-22-11-23-36-38(34)39(37(29)33)40(35)47-36/h1-25H. The quantitative estimate of drug-likeness (QED) is 0.198. The van der Waals surface area contributed by atoms with Crippen LogP contribution < -0.4 is 0 Å². The van der Waals surface area contributed by atoms with E-state index in [9.17, 15) is 0 Å². The molecule has 2 aromatic heterocycles. The molecule has 0 spiro atoms. The molecule has 0 saturated heterocycles. The van der Waals surface area contributed by atoms with Crippen molar-refractivity contribution < 1.29 is 0 Å². The van der Waals surface area contributed by atoms with Gasteiger partial charge in [0.25, 0.3) is 0 Å². The van der Waals surface area contributed by atoms with E-state index in [-0.39, 0.29) is 0 Å². The Morgan fingerprint density at radius 1 is 0.340 bits per heavy atom. The fourth-order valence-corrected chi connectivity index (χ4v) is 8.42. The SMILES string of the molecule is c1ccc(-c2nc(-c3ccccc3)nc(-c3cccc(-c4cc5cccc6c5c5c4sc4cccc(c45)-c4ccccc4-6)c3)n2)cc1. The minimum Gasteiger partial charge on any atom is -0.208 e. The molecule has 9 aromatic rings. The maximum atomic E-state index is 5.02. The summed E-state index contributed by atoms with van der Waals surface area (Å²) in [5.41, 5.74) is 10.4. The fourth-order valence-electron chi connectivity index (χ4n) is 7.15. The summed E-state index contributed by atoms with van der Waals surface area (Å²) in [5.74, 6) is 1.98. The van der Waals surface area contributed by atoms with E-state index in [1.807, 2.05) is 72.0 Å². The van der Waals surface area contributed by atoms with E-state index in [0.29, 0.717) is 17.5 Å². The number of hydrogen-bond donors (Lipinski definition) is 0. The van der Waals surface area contributed by atoms with Gasteiger partial charge in [-0.3, -0.25) is 0 Å². The molecule has 1 aliphatic carbocycles. The van der Waals surface area contributed by atoms with Gasteiger partial charge in [-0.2, -0.15) is 0 Å². The Balaban J connectivity index is 1.22. The molecule has 7 aromatic carbocycles. The number of aromatic nitrogens is 3. The Kier molecular flexibility index (Phi) is 5.74. The normalized spacial score (nSPS) is 11.8. The number of thiophene rings is 1. The number of rotatable bonds is 4. The zero-order chi connectivity index (χ0) is 30.9. The van der Waals surface area contributed by atoms with Crippen molar-refractivity contribution in [3.05, 3.63) is 152 Å². The second-order valence-corrected chi connectivity index (χ2v) is 13.0. The van der Waals surface area contributed by atoms with Gasteiger partial charge in [-0.15, -0.1) is 11.3 Å². The maximum Gasteiger partial charge on any atom is 0.164 e. The van der Waals surface area contributed by atoms with Crippen molar-refractivity contribution >= 4 is 42.3 Å². The van der Waals surface area contributed by atoms with Gasteiger partial charge in [0, 0.05) is 42.4 Å². The van der Waals surface area contributed by atoms with Crippen LogP contribution in [-0.2, 0) is 0 Å². The highest BCUT2D eigenvalue weighted by molar-refractivity contribution is 7.26. The molecule has 0 bridgehead atoms. The molecule has 0 unspecified atom stereocenters. The van der Waals surface area contributed by atoms with Gasteiger partial charge in [-0.1, -0.05) is 133 Å². The van der Waals surface area contributed by atoms with Crippen molar-refractivity contribution in [2.24, 2.45) is 0 Å². The smallest absolute Gasteiger partial charge is 0.164 e. The van der Waals surface area contributed by atoms with Crippen LogP contribution in [0.2, 0.25) is 0 Å². The highest BCUT2D eigenvalue weighted by atomic mass is 32.1. The van der Waals surface area contributed by atoms with Crippen molar-refractivity contribution in [3.63, 3.8) is 0 Å². The van der Waals surface area contributed by atoms with Crippen molar-refractivity contribution in [2.45, 2.75) is 0 Å². The van der Waals surface area contributed by atoms with Gasteiger partial charge in [0.15, 0.2) is 17.5 Å². The summed E-state index contributed by atoms with van der Waals surface area (Å²) in [4.78, 5) is 14.9. The molecular weight excluding hydrogens is 591 g/mol. The molecule has 3 nitrogen and oxygen atoms in total. The van der Waals surface area contributed by atoms with Crippen LogP contribution in [0.25, 0.3) is 98.5 Å². The van der Waals surface area contributed by atoms with Gasteiger partial charge < -0.3 is 0 Å². The summed E-state index contributed by atoms with van der Waals surface area (Å²) < 4.78 is 2.62. The molecule has 0 fully saturated rings. The second-order valence-electron chi connectivity index (χ2n) is 12.0. The Morgan fingerprint density at radius 2 is 0.851 bits per heavy atom. The van der Waals surface area contributed by atoms with Gasteiger partial charge in [-0.25, -0.2) is 15.0 Å². The number of benzene rings is 7. The zero-order valence-electron chi connectivity index (χ0n) is 25.2. The third kappa shape index (κ3) is 4.09. The lowest BCUT2D eigenvalue weighted by Crippen LogP contribution is -2.00. The van der Waals surface area contributed by atoms with E-state index >= 15 is 0 Å². The predicted octanol–water partition coefficient (Wildman–Crippen LogP) is 11.7. The third-order valence-electron chi connectivity index (χ3n) is 9.25. The Morgan fingerprint density at radius 3 is 1.53 bits per heavy atom. The molecule has 0 atom stereocenters. The van der Waals surface area contributed by atoms with Crippen molar-refractivity contribution in [2.75, 3.05) is 0 Å². The van der Waals surface area contributed by atoms with Crippen LogP contribution in [0.1, 0.15) is 0 Å². The summed E-state index contributed by atoms with van der Waals surface area (Å²) in [5, 5.41) is 5.29. The van der Waals surface area contributed by atoms with Crippen LogP contribution in [-0.4, -0.2) is 15.0 Å². The van der Waals surface area contributed by atoms with Gasteiger partial charge >= 0.3 is 0 Å². The Hall–Kier alpha value is -5.97. The molecule has 1 aliphatic rings. The first-order chi connectivity index (χ1) is 23.3. The van der Waals surface area contributed by atoms with Crippen LogP contribution in [0, 0.1) is 0 Å². The highest BCUT2D eigenvalue weighted by Crippen LogP contribution is 2.53. The molecule has 0 radical (unpaired) electrons. The highest BCUT2D eigenvalue weighted by Gasteiger charge is 2.24. The predicted molar refractivity (Wildman–Crippen MR) is 196 cm³/mol. The van der Waals surface area contributed by atoms with Gasteiger partial charge in [0.1, 0.15) is 0 Å². The van der Waals surface area contributed by atoms with E-state index < -0.39 is 0 Å². The molecule has 2 heterocycles. The maximum absolute atomic E-state index is 5.02. The first-order valence-electron chi connectivity index (χ1n) is 15.8. The van der Waals surface area contributed by atoms with E-state index in [2.05, 4.69) is 91.0 Å².